The summed E-state index contributed by atoms with van der Waals surface area (Å²) in [5.41, 5.74) is 0.706. The van der Waals surface area contributed by atoms with Crippen LogP contribution in [0.2, 0.25) is 0 Å². The number of hydrogen-bond acceptors (Lipinski definition) is 5. The van der Waals surface area contributed by atoms with Gasteiger partial charge < -0.3 is 15.3 Å². The molecule has 1 atom stereocenters. The van der Waals surface area contributed by atoms with Crippen LogP contribution in [0.15, 0.2) is 11.5 Å². The molecule has 2 N–H and O–H groups in total. The fourth-order valence-electron chi connectivity index (χ4n) is 3.61. The Morgan fingerprint density at radius 2 is 2.17 bits per heavy atom. The highest BCUT2D eigenvalue weighted by Gasteiger charge is 2.25. The zero-order valence-electron chi connectivity index (χ0n) is 13.8. The van der Waals surface area contributed by atoms with Crippen LogP contribution in [-0.2, 0) is 4.79 Å². The van der Waals surface area contributed by atoms with Crippen molar-refractivity contribution in [1.29, 1.82) is 0 Å². The van der Waals surface area contributed by atoms with E-state index in [1.54, 1.807) is 11.3 Å². The van der Waals surface area contributed by atoms with E-state index in [0.717, 1.165) is 30.1 Å². The Morgan fingerprint density at radius 1 is 1.38 bits per heavy atom. The van der Waals surface area contributed by atoms with Crippen LogP contribution in [0.3, 0.4) is 0 Å². The highest BCUT2D eigenvalue weighted by atomic mass is 35.5. The van der Waals surface area contributed by atoms with Crippen LogP contribution in [0.25, 0.3) is 6.08 Å². The molecule has 1 aliphatic heterocycles. The van der Waals surface area contributed by atoms with Gasteiger partial charge in [0, 0.05) is 37.1 Å². The number of hydrogen-bond donors (Lipinski definition) is 2. The molecule has 134 valence electrons. The zero-order chi connectivity index (χ0) is 16.1. The van der Waals surface area contributed by atoms with Crippen molar-refractivity contribution in [2.45, 2.75) is 44.6 Å². The van der Waals surface area contributed by atoms with Crippen molar-refractivity contribution in [3.05, 3.63) is 17.2 Å². The van der Waals surface area contributed by atoms with Gasteiger partial charge in [-0.3, -0.25) is 0 Å². The topological polar surface area (TPSA) is 65.5 Å². The maximum atomic E-state index is 10.5. The number of carboxylic acid groups (broad SMARTS) is 1. The molecular formula is C17H26ClN3O2S. The first-order valence-corrected chi connectivity index (χ1v) is 9.42. The van der Waals surface area contributed by atoms with Gasteiger partial charge in [0.25, 0.3) is 0 Å². The monoisotopic (exact) mass is 371 g/mol. The third-order valence-corrected chi connectivity index (χ3v) is 5.55. The summed E-state index contributed by atoms with van der Waals surface area (Å²) in [5, 5.41) is 14.9. The standard InChI is InChI=1S/C17H25N3O2S.ClH/c21-16(22)7-6-15-12-23-17(19-15)18-14-8-9-20(11-14)10-13-4-2-1-3-5-13;/h6-7,12-14H,1-5,8-11H2,(H,18,19)(H,21,22);1H/b7-6+;/t14-;/m1./s1. The first kappa shape index (κ1) is 19.2. The van der Waals surface area contributed by atoms with Gasteiger partial charge in [-0.2, -0.15) is 0 Å². The first-order chi connectivity index (χ1) is 11.2. The van der Waals surface area contributed by atoms with Crippen molar-refractivity contribution in [2.24, 2.45) is 5.92 Å². The molecule has 5 nitrogen and oxygen atoms in total. The predicted octanol–water partition coefficient (Wildman–Crippen LogP) is 3.73. The molecule has 0 amide bonds. The third kappa shape index (κ3) is 5.76. The Morgan fingerprint density at radius 3 is 2.92 bits per heavy atom. The van der Waals surface area contributed by atoms with Crippen molar-refractivity contribution >= 4 is 40.9 Å². The van der Waals surface area contributed by atoms with E-state index in [0.29, 0.717) is 11.7 Å². The Bertz CT molecular complexity index is 558. The van der Waals surface area contributed by atoms with Crippen molar-refractivity contribution < 1.29 is 9.90 Å². The molecule has 7 heteroatoms. The molecule has 1 aromatic rings. The van der Waals surface area contributed by atoms with Gasteiger partial charge in [0.2, 0.25) is 0 Å². The molecule has 0 radical (unpaired) electrons. The number of nitrogens with one attached hydrogen (secondary N) is 1. The Hall–Kier alpha value is -1.11. The van der Waals surface area contributed by atoms with Crippen LogP contribution in [0.1, 0.15) is 44.2 Å². The summed E-state index contributed by atoms with van der Waals surface area (Å²) in [5.74, 6) is -0.0447. The number of likely N-dealkylation sites (tertiary alicyclic amines) is 1. The molecule has 0 aromatic carbocycles. The molecule has 24 heavy (non-hydrogen) atoms. The summed E-state index contributed by atoms with van der Waals surface area (Å²) in [6.45, 7) is 3.52. The fourth-order valence-corrected chi connectivity index (χ4v) is 4.37. The van der Waals surface area contributed by atoms with E-state index in [1.165, 1.54) is 51.3 Å². The van der Waals surface area contributed by atoms with Crippen molar-refractivity contribution in [2.75, 3.05) is 25.0 Å². The Balaban J connectivity index is 0.00000208. The molecule has 2 fully saturated rings. The smallest absolute Gasteiger partial charge is 0.328 e. The molecule has 3 rings (SSSR count). The molecule has 0 bridgehead atoms. The number of carboxylic acids is 1. The molecule has 0 spiro atoms. The lowest BCUT2D eigenvalue weighted by Gasteiger charge is -2.26. The highest BCUT2D eigenvalue weighted by Crippen LogP contribution is 2.26. The quantitative estimate of drug-likeness (QED) is 0.746. The second-order valence-corrected chi connectivity index (χ2v) is 7.50. The van der Waals surface area contributed by atoms with Crippen molar-refractivity contribution in [1.82, 2.24) is 9.88 Å². The largest absolute Gasteiger partial charge is 0.478 e. The van der Waals surface area contributed by atoms with Gasteiger partial charge >= 0.3 is 5.97 Å². The lowest BCUT2D eigenvalue weighted by molar-refractivity contribution is -0.131. The Labute approximate surface area is 153 Å². The van der Waals surface area contributed by atoms with Gasteiger partial charge in [-0.25, -0.2) is 9.78 Å². The van der Waals surface area contributed by atoms with Crippen LogP contribution in [0.4, 0.5) is 5.13 Å². The summed E-state index contributed by atoms with van der Waals surface area (Å²) in [6.07, 6.45) is 10.9. The second kappa shape index (κ2) is 9.39. The lowest BCUT2D eigenvalue weighted by atomic mass is 9.89. The summed E-state index contributed by atoms with van der Waals surface area (Å²) in [6, 6.07) is 0.459. The SMILES string of the molecule is Cl.O=C(O)/C=C/c1csc(N[C@@H]2CCN(CC3CCCCC3)C2)n1. The number of anilines is 1. The van der Waals surface area contributed by atoms with Crippen molar-refractivity contribution in [3.63, 3.8) is 0 Å². The van der Waals surface area contributed by atoms with Crippen LogP contribution in [0.5, 0.6) is 0 Å². The van der Waals surface area contributed by atoms with Gasteiger partial charge in [-0.05, 0) is 31.3 Å². The maximum absolute atomic E-state index is 10.5. The molecule has 1 aliphatic carbocycles. The van der Waals surface area contributed by atoms with Gasteiger partial charge in [0.15, 0.2) is 5.13 Å². The second-order valence-electron chi connectivity index (χ2n) is 6.64. The fraction of sp³-hybridized carbons (Fsp3) is 0.647. The summed E-state index contributed by atoms with van der Waals surface area (Å²) >= 11 is 1.54. The molecule has 1 aromatic heterocycles. The van der Waals surface area contributed by atoms with Gasteiger partial charge in [0.05, 0.1) is 5.69 Å². The number of aliphatic carboxylic acids is 1. The molecule has 1 saturated heterocycles. The third-order valence-electron chi connectivity index (χ3n) is 4.76. The molecular weight excluding hydrogens is 346 g/mol. The van der Waals surface area contributed by atoms with E-state index < -0.39 is 5.97 Å². The number of nitrogens with zero attached hydrogens (tertiary/aromatic N) is 2. The Kier molecular flexibility index (Phi) is 7.52. The van der Waals surface area contributed by atoms with Crippen LogP contribution in [0, 0.1) is 5.92 Å². The van der Waals surface area contributed by atoms with Crippen molar-refractivity contribution in [3.8, 4) is 0 Å². The van der Waals surface area contributed by atoms with E-state index >= 15 is 0 Å². The minimum absolute atomic E-state index is 0. The maximum Gasteiger partial charge on any atom is 0.328 e. The van der Waals surface area contributed by atoms with E-state index in [1.807, 2.05) is 5.38 Å². The number of aromatic nitrogens is 1. The zero-order valence-corrected chi connectivity index (χ0v) is 15.5. The van der Waals surface area contributed by atoms with E-state index in [9.17, 15) is 4.79 Å². The molecule has 2 aliphatic rings. The molecule has 2 heterocycles. The average molecular weight is 372 g/mol. The number of thiazole rings is 1. The summed E-state index contributed by atoms with van der Waals surface area (Å²) in [4.78, 5) is 17.5. The lowest BCUT2D eigenvalue weighted by Crippen LogP contribution is -2.31. The van der Waals surface area contributed by atoms with Gasteiger partial charge in [-0.1, -0.05) is 19.3 Å². The number of rotatable bonds is 6. The molecule has 1 saturated carbocycles. The van der Waals surface area contributed by atoms with Crippen LogP contribution < -0.4 is 5.32 Å². The van der Waals surface area contributed by atoms with Crippen LogP contribution >= 0.6 is 23.7 Å². The number of carbonyl (C=O) groups is 1. The average Bonchev–Trinajstić information content (AvgIpc) is 3.16. The predicted molar refractivity (Wildman–Crippen MR) is 101 cm³/mol. The van der Waals surface area contributed by atoms with Gasteiger partial charge in [0.1, 0.15) is 0 Å². The summed E-state index contributed by atoms with van der Waals surface area (Å²) in [7, 11) is 0. The van der Waals surface area contributed by atoms with Crippen LogP contribution in [-0.4, -0.2) is 46.6 Å². The van der Waals surface area contributed by atoms with E-state index in [4.69, 9.17) is 5.11 Å². The van der Waals surface area contributed by atoms with Gasteiger partial charge in [-0.15, -0.1) is 23.7 Å². The van der Waals surface area contributed by atoms with E-state index in [2.05, 4.69) is 15.2 Å². The minimum atomic E-state index is -0.943. The number of halogens is 1. The molecule has 0 unspecified atom stereocenters. The van der Waals surface area contributed by atoms with E-state index in [-0.39, 0.29) is 12.4 Å². The summed E-state index contributed by atoms with van der Waals surface area (Å²) < 4.78 is 0. The first-order valence-electron chi connectivity index (χ1n) is 8.54. The minimum Gasteiger partial charge on any atom is -0.478 e. The normalized spacial score (nSPS) is 22.6. The highest BCUT2D eigenvalue weighted by molar-refractivity contribution is 7.13.